The molecule has 35 heavy (non-hydrogen) atoms. The first-order valence-corrected chi connectivity index (χ1v) is 10.7. The summed E-state index contributed by atoms with van der Waals surface area (Å²) in [5, 5.41) is 21.1. The average Bonchev–Trinajstić information content (AvgIpc) is 3.17. The number of carbonyl (C=O) groups is 3. The molecule has 11 heteroatoms. The highest BCUT2D eigenvalue weighted by Gasteiger charge is 2.15. The smallest absolute Gasteiger partial charge is 0.328 e. The van der Waals surface area contributed by atoms with Crippen LogP contribution in [0.2, 0.25) is 0 Å². The van der Waals surface area contributed by atoms with Crippen molar-refractivity contribution in [3.8, 4) is 17.0 Å². The number of likely N-dealkylation sites (N-methyl/N-ethyl adjacent to an activating group) is 1. The number of ether oxygens (including phenoxy) is 2. The summed E-state index contributed by atoms with van der Waals surface area (Å²) in [7, 11) is 4.02. The molecule has 0 unspecified atom stereocenters. The molecule has 0 fully saturated rings. The van der Waals surface area contributed by atoms with Gasteiger partial charge in [0.15, 0.2) is 5.65 Å². The molecule has 3 aromatic rings. The Morgan fingerprint density at radius 3 is 2.29 bits per heavy atom. The van der Waals surface area contributed by atoms with Gasteiger partial charge in [0.05, 0.1) is 6.61 Å². The van der Waals surface area contributed by atoms with E-state index < -0.39 is 11.9 Å². The number of aromatic nitrogens is 3. The summed E-state index contributed by atoms with van der Waals surface area (Å²) in [6.45, 7) is 3.65. The molecule has 11 nitrogen and oxygen atoms in total. The third-order valence-electron chi connectivity index (χ3n) is 4.39. The number of benzene rings is 1. The molecule has 186 valence electrons. The van der Waals surface area contributed by atoms with Crippen molar-refractivity contribution < 1.29 is 34.1 Å². The van der Waals surface area contributed by atoms with Crippen LogP contribution in [0.1, 0.15) is 6.92 Å². The molecule has 0 amide bonds. The second-order valence-corrected chi connectivity index (χ2v) is 7.37. The lowest BCUT2D eigenvalue weighted by Gasteiger charge is -2.11. The highest BCUT2D eigenvalue weighted by Crippen LogP contribution is 2.28. The lowest BCUT2D eigenvalue weighted by atomic mass is 10.1. The van der Waals surface area contributed by atoms with Crippen molar-refractivity contribution in [3.63, 3.8) is 0 Å². The third kappa shape index (κ3) is 8.89. The number of pyridine rings is 1. The van der Waals surface area contributed by atoms with E-state index in [2.05, 4.69) is 15.0 Å². The van der Waals surface area contributed by atoms with Crippen LogP contribution >= 0.6 is 0 Å². The predicted molar refractivity (Wildman–Crippen MR) is 128 cm³/mol. The summed E-state index contributed by atoms with van der Waals surface area (Å²) in [5.74, 6) is -2.03. The Kier molecular flexibility index (Phi) is 10.4. The first-order valence-electron chi connectivity index (χ1n) is 10.7. The van der Waals surface area contributed by atoms with E-state index in [1.165, 1.54) is 0 Å². The molecule has 0 saturated carbocycles. The van der Waals surface area contributed by atoms with Gasteiger partial charge in [0.25, 0.3) is 0 Å². The highest BCUT2D eigenvalue weighted by molar-refractivity contribution is 5.92. The maximum Gasteiger partial charge on any atom is 0.328 e. The molecule has 2 N–H and O–H groups in total. The second-order valence-electron chi connectivity index (χ2n) is 7.37. The van der Waals surface area contributed by atoms with Gasteiger partial charge in [-0.25, -0.2) is 19.3 Å². The molecule has 1 aromatic carbocycles. The highest BCUT2D eigenvalue weighted by atomic mass is 16.5. The van der Waals surface area contributed by atoms with E-state index in [-0.39, 0.29) is 12.5 Å². The molecule has 2 aromatic heterocycles. The molecule has 0 aliphatic rings. The molecule has 3 rings (SSSR count). The molecule has 0 aliphatic carbocycles. The number of carbonyl (C=O) groups excluding carboxylic acids is 1. The van der Waals surface area contributed by atoms with Crippen molar-refractivity contribution in [2.45, 2.75) is 13.5 Å². The monoisotopic (exact) mass is 484 g/mol. The van der Waals surface area contributed by atoms with Gasteiger partial charge in [-0.15, -0.1) is 0 Å². The van der Waals surface area contributed by atoms with Crippen LogP contribution in [-0.4, -0.2) is 81.6 Å². The van der Waals surface area contributed by atoms with Crippen LogP contribution in [0.3, 0.4) is 0 Å². The lowest BCUT2D eigenvalue weighted by molar-refractivity contribution is -0.144. The molecule has 0 bridgehead atoms. The Hall–Kier alpha value is -4.25. The van der Waals surface area contributed by atoms with E-state index in [1.54, 1.807) is 17.8 Å². The fourth-order valence-electron chi connectivity index (χ4n) is 2.86. The maximum atomic E-state index is 11.9. The molecule has 0 aliphatic heterocycles. The summed E-state index contributed by atoms with van der Waals surface area (Å²) in [4.78, 5) is 37.4. The molecule has 0 saturated heterocycles. The Morgan fingerprint density at radius 1 is 1.06 bits per heavy atom. The van der Waals surface area contributed by atoms with Gasteiger partial charge in [0, 0.05) is 35.8 Å². The summed E-state index contributed by atoms with van der Waals surface area (Å²) < 4.78 is 12.4. The van der Waals surface area contributed by atoms with E-state index in [0.717, 1.165) is 28.9 Å². The quantitative estimate of drug-likeness (QED) is 0.325. The van der Waals surface area contributed by atoms with Crippen LogP contribution in [0.25, 0.3) is 22.3 Å². The van der Waals surface area contributed by atoms with Crippen LogP contribution in [0, 0.1) is 0 Å². The van der Waals surface area contributed by atoms with Gasteiger partial charge in [0.1, 0.15) is 24.6 Å². The fraction of sp³-hybridized carbons (Fsp3) is 0.292. The molecule has 0 atom stereocenters. The van der Waals surface area contributed by atoms with Gasteiger partial charge in [-0.3, -0.25) is 4.79 Å². The first-order chi connectivity index (χ1) is 16.7. The molecular formula is C24H28N4O7. The number of hydrogen-bond acceptors (Lipinski definition) is 8. The number of rotatable bonds is 10. The van der Waals surface area contributed by atoms with Gasteiger partial charge in [-0.2, -0.15) is 5.10 Å². The van der Waals surface area contributed by atoms with Crippen molar-refractivity contribution in [3.05, 3.63) is 54.7 Å². The predicted octanol–water partition coefficient (Wildman–Crippen LogP) is 2.31. The maximum absolute atomic E-state index is 11.9. The van der Waals surface area contributed by atoms with Gasteiger partial charge in [0.2, 0.25) is 0 Å². The van der Waals surface area contributed by atoms with Crippen molar-refractivity contribution in [1.82, 2.24) is 19.7 Å². The van der Waals surface area contributed by atoms with Gasteiger partial charge in [-0.05, 0) is 57.4 Å². The minimum atomic E-state index is -1.26. The Labute approximate surface area is 202 Å². The first kappa shape index (κ1) is 27.0. The normalized spacial score (nSPS) is 10.7. The number of esters is 1. The number of nitrogens with zero attached hydrogens (tertiary/aromatic N) is 4. The van der Waals surface area contributed by atoms with E-state index in [1.807, 2.05) is 50.5 Å². The Balaban J connectivity index is 0.000000466. The largest absolute Gasteiger partial charge is 0.492 e. The topological polar surface area (TPSA) is 144 Å². The van der Waals surface area contributed by atoms with E-state index in [0.29, 0.717) is 31.0 Å². The number of aliphatic carboxylic acids is 2. The number of carboxylic acids is 2. The summed E-state index contributed by atoms with van der Waals surface area (Å²) in [6.07, 6.45) is 2.81. The summed E-state index contributed by atoms with van der Waals surface area (Å²) in [5.41, 5.74) is 2.38. The summed E-state index contributed by atoms with van der Waals surface area (Å²) >= 11 is 0. The second kappa shape index (κ2) is 13.5. The Bertz CT molecular complexity index is 1150. The zero-order valence-electron chi connectivity index (χ0n) is 19.7. The minimum absolute atomic E-state index is 0.0348. The van der Waals surface area contributed by atoms with E-state index in [9.17, 15) is 14.4 Å². The zero-order chi connectivity index (χ0) is 25.8. The van der Waals surface area contributed by atoms with Crippen molar-refractivity contribution in [1.29, 1.82) is 0 Å². The van der Waals surface area contributed by atoms with Crippen LogP contribution in [0.4, 0.5) is 0 Å². The number of hydrogen-bond donors (Lipinski definition) is 2. The van der Waals surface area contributed by atoms with Crippen molar-refractivity contribution >= 4 is 28.9 Å². The standard InChI is InChI=1S/C20H24N4O3.C4H4O4/c1-4-26-18(25)14-24-20-17(6-5-11-21-20)19(22-24)15-7-9-16(10-8-15)27-13-12-23(2)3;5-3(6)1-2-4(7)8/h5-11H,4,12-14H2,1-3H3;1-2H,(H,5,6)(H,7,8). The van der Waals surface area contributed by atoms with Gasteiger partial charge < -0.3 is 24.6 Å². The van der Waals surface area contributed by atoms with Crippen molar-refractivity contribution in [2.75, 3.05) is 33.9 Å². The summed E-state index contributed by atoms with van der Waals surface area (Å²) in [6, 6.07) is 11.6. The van der Waals surface area contributed by atoms with Gasteiger partial charge in [-0.1, -0.05) is 0 Å². The van der Waals surface area contributed by atoms with Crippen LogP contribution < -0.4 is 4.74 Å². The molecular weight excluding hydrogens is 456 g/mol. The van der Waals surface area contributed by atoms with E-state index in [4.69, 9.17) is 19.7 Å². The van der Waals surface area contributed by atoms with Crippen LogP contribution in [0.15, 0.2) is 54.7 Å². The molecule has 0 spiro atoms. The number of carboxylic acid groups (broad SMARTS) is 2. The number of fused-ring (bicyclic) bond motifs is 1. The average molecular weight is 485 g/mol. The lowest BCUT2D eigenvalue weighted by Crippen LogP contribution is -2.19. The molecule has 0 radical (unpaired) electrons. The van der Waals surface area contributed by atoms with Crippen LogP contribution in [-0.2, 0) is 25.7 Å². The zero-order valence-corrected chi connectivity index (χ0v) is 19.7. The van der Waals surface area contributed by atoms with E-state index >= 15 is 0 Å². The van der Waals surface area contributed by atoms with Crippen molar-refractivity contribution in [2.24, 2.45) is 0 Å². The van der Waals surface area contributed by atoms with Crippen LogP contribution in [0.5, 0.6) is 5.75 Å². The van der Waals surface area contributed by atoms with Gasteiger partial charge >= 0.3 is 17.9 Å². The Morgan fingerprint density at radius 2 is 1.71 bits per heavy atom. The minimum Gasteiger partial charge on any atom is -0.492 e. The third-order valence-corrected chi connectivity index (χ3v) is 4.39. The fourth-order valence-corrected chi connectivity index (χ4v) is 2.86. The molecule has 2 heterocycles. The SMILES string of the molecule is CCOC(=O)Cn1nc(-c2ccc(OCCN(C)C)cc2)c2cccnc21.O=C(O)C=CC(=O)O.